The molecule has 6 heteroatoms. The molecular formula is C29H29N3O3. The van der Waals surface area contributed by atoms with Crippen LogP contribution in [0.5, 0.6) is 0 Å². The highest BCUT2D eigenvalue weighted by molar-refractivity contribution is 5.89. The molecule has 178 valence electrons. The van der Waals surface area contributed by atoms with Gasteiger partial charge in [-0.15, -0.1) is 0 Å². The summed E-state index contributed by atoms with van der Waals surface area (Å²) in [7, 11) is 0. The Bertz CT molecular complexity index is 1390. The Labute approximate surface area is 204 Å². The van der Waals surface area contributed by atoms with Crippen LogP contribution < -0.4 is 10.6 Å². The fourth-order valence-corrected chi connectivity index (χ4v) is 4.52. The Hall–Kier alpha value is -3.87. The van der Waals surface area contributed by atoms with Crippen molar-refractivity contribution in [1.82, 2.24) is 15.6 Å². The third kappa shape index (κ3) is 4.99. The summed E-state index contributed by atoms with van der Waals surface area (Å²) in [4.78, 5) is 16.8. The highest BCUT2D eigenvalue weighted by atomic mass is 16.3. The van der Waals surface area contributed by atoms with Gasteiger partial charge in [-0.05, 0) is 35.7 Å². The molecule has 0 spiro atoms. The lowest BCUT2D eigenvalue weighted by molar-refractivity contribution is -0.129. The van der Waals surface area contributed by atoms with Crippen molar-refractivity contribution in [1.29, 1.82) is 0 Å². The lowest BCUT2D eigenvalue weighted by Gasteiger charge is -2.31. The number of hydrogen-bond acceptors (Lipinski definition) is 4. The van der Waals surface area contributed by atoms with E-state index < -0.39 is 5.54 Å². The number of aliphatic hydroxyl groups is 1. The topological polar surface area (TPSA) is 90.3 Å². The van der Waals surface area contributed by atoms with Gasteiger partial charge in [0, 0.05) is 35.5 Å². The molecule has 35 heavy (non-hydrogen) atoms. The van der Waals surface area contributed by atoms with Crippen molar-refractivity contribution in [2.75, 3.05) is 13.2 Å². The van der Waals surface area contributed by atoms with E-state index in [4.69, 9.17) is 4.42 Å². The number of nitrogens with one attached hydrogen (secondary N) is 3. The van der Waals surface area contributed by atoms with Crippen LogP contribution in [0, 0.1) is 0 Å². The second-order valence-electron chi connectivity index (χ2n) is 8.87. The van der Waals surface area contributed by atoms with E-state index in [9.17, 15) is 9.90 Å². The summed E-state index contributed by atoms with van der Waals surface area (Å²) in [6.07, 6.45) is 2.95. The number of fused-ring (bicyclic) bond motifs is 2. The summed E-state index contributed by atoms with van der Waals surface area (Å²) in [5, 5.41) is 19.0. The average Bonchev–Trinajstić information content (AvgIpc) is 3.51. The minimum atomic E-state index is -1.22. The first-order chi connectivity index (χ1) is 17.2. The minimum Gasteiger partial charge on any atom is -0.460 e. The number of amides is 1. The number of carbonyl (C=O) groups excluding carboxylic acids is 1. The van der Waals surface area contributed by atoms with Crippen molar-refractivity contribution >= 4 is 27.8 Å². The summed E-state index contributed by atoms with van der Waals surface area (Å²) in [6.45, 7) is 0.429. The predicted molar refractivity (Wildman–Crippen MR) is 138 cm³/mol. The first kappa shape index (κ1) is 22.9. The maximum atomic E-state index is 13.6. The molecule has 1 unspecified atom stereocenters. The van der Waals surface area contributed by atoms with Gasteiger partial charge in [0.05, 0.1) is 13.2 Å². The number of rotatable bonds is 10. The number of H-pyrrole nitrogens is 1. The number of aliphatic hydroxyl groups excluding tert-OH is 1. The van der Waals surface area contributed by atoms with Gasteiger partial charge in [0.15, 0.2) is 0 Å². The quantitative estimate of drug-likeness (QED) is 0.246. The Morgan fingerprint density at radius 1 is 0.971 bits per heavy atom. The Balaban J connectivity index is 1.38. The highest BCUT2D eigenvalue weighted by Crippen LogP contribution is 2.24. The number of aromatic amines is 1. The molecule has 0 bridgehead atoms. The van der Waals surface area contributed by atoms with E-state index in [2.05, 4.69) is 15.6 Å². The summed E-state index contributed by atoms with van der Waals surface area (Å²) in [5.74, 6) is 0.470. The first-order valence-corrected chi connectivity index (χ1v) is 11.9. The van der Waals surface area contributed by atoms with Crippen molar-refractivity contribution in [3.63, 3.8) is 0 Å². The van der Waals surface area contributed by atoms with Gasteiger partial charge >= 0.3 is 0 Å². The number of furan rings is 1. The molecule has 0 fully saturated rings. The van der Waals surface area contributed by atoms with E-state index >= 15 is 0 Å². The second kappa shape index (κ2) is 10.2. The number of hydrogen-bond donors (Lipinski definition) is 4. The van der Waals surface area contributed by atoms with Crippen molar-refractivity contribution in [2.24, 2.45) is 0 Å². The largest absolute Gasteiger partial charge is 0.460 e. The van der Waals surface area contributed by atoms with E-state index in [1.54, 1.807) is 0 Å². The summed E-state index contributed by atoms with van der Waals surface area (Å²) < 4.78 is 5.95. The molecule has 0 radical (unpaired) electrons. The summed E-state index contributed by atoms with van der Waals surface area (Å²) in [5.41, 5.74) is 2.68. The van der Waals surface area contributed by atoms with Crippen LogP contribution in [0.15, 0.2) is 95.5 Å². The van der Waals surface area contributed by atoms with Gasteiger partial charge in [0.25, 0.3) is 0 Å². The Morgan fingerprint density at radius 3 is 2.57 bits per heavy atom. The van der Waals surface area contributed by atoms with Crippen LogP contribution in [-0.4, -0.2) is 34.7 Å². The second-order valence-corrected chi connectivity index (χ2v) is 8.87. The van der Waals surface area contributed by atoms with E-state index in [1.807, 2.05) is 91.1 Å². The summed E-state index contributed by atoms with van der Waals surface area (Å²) >= 11 is 0. The molecule has 5 aromatic rings. The number of aromatic nitrogens is 1. The maximum Gasteiger partial charge on any atom is 0.243 e. The third-order valence-corrected chi connectivity index (χ3v) is 6.49. The molecular weight excluding hydrogens is 438 g/mol. The molecule has 2 aromatic heterocycles. The molecule has 1 amide bonds. The third-order valence-electron chi connectivity index (χ3n) is 6.49. The van der Waals surface area contributed by atoms with Crippen molar-refractivity contribution in [3.05, 3.63) is 108 Å². The van der Waals surface area contributed by atoms with E-state index in [1.165, 1.54) is 0 Å². The fraction of sp³-hybridized carbons (Fsp3) is 0.207. The zero-order valence-corrected chi connectivity index (χ0v) is 19.5. The fourth-order valence-electron chi connectivity index (χ4n) is 4.52. The van der Waals surface area contributed by atoms with Crippen molar-refractivity contribution in [3.8, 4) is 0 Å². The van der Waals surface area contributed by atoms with E-state index in [0.717, 1.165) is 33.0 Å². The van der Waals surface area contributed by atoms with Gasteiger partial charge < -0.3 is 19.8 Å². The SMILES string of the molecule is O=C(NCCc1ccccc1)C(CO)(Cc1c[nH]c2ccccc12)NCc1cc2ccccc2o1. The van der Waals surface area contributed by atoms with Gasteiger partial charge in [-0.25, -0.2) is 0 Å². The van der Waals surface area contributed by atoms with E-state index in [0.29, 0.717) is 31.7 Å². The van der Waals surface area contributed by atoms with Gasteiger partial charge in [0.2, 0.25) is 5.91 Å². The molecule has 3 aromatic carbocycles. The number of benzene rings is 3. The molecule has 4 N–H and O–H groups in total. The Kier molecular flexibility index (Phi) is 6.66. The summed E-state index contributed by atoms with van der Waals surface area (Å²) in [6, 6.07) is 27.8. The van der Waals surface area contributed by atoms with Crippen LogP contribution in [0.25, 0.3) is 21.9 Å². The first-order valence-electron chi connectivity index (χ1n) is 11.9. The normalized spacial score (nSPS) is 13.2. The molecule has 0 aliphatic heterocycles. The van der Waals surface area contributed by atoms with Crippen LogP contribution in [0.3, 0.4) is 0 Å². The van der Waals surface area contributed by atoms with Crippen molar-refractivity contribution < 1.29 is 14.3 Å². The molecule has 5 rings (SSSR count). The lowest BCUT2D eigenvalue weighted by atomic mass is 9.89. The maximum absolute atomic E-state index is 13.6. The molecule has 0 saturated heterocycles. The van der Waals surface area contributed by atoms with Crippen LogP contribution in [-0.2, 0) is 24.2 Å². The van der Waals surface area contributed by atoms with Crippen LogP contribution in [0.2, 0.25) is 0 Å². The molecule has 1 atom stereocenters. The van der Waals surface area contributed by atoms with Gasteiger partial charge in [-0.3, -0.25) is 10.1 Å². The van der Waals surface area contributed by atoms with E-state index in [-0.39, 0.29) is 12.5 Å². The lowest BCUT2D eigenvalue weighted by Crippen LogP contribution is -2.61. The zero-order valence-electron chi connectivity index (χ0n) is 19.5. The van der Waals surface area contributed by atoms with Gasteiger partial charge in [-0.2, -0.15) is 0 Å². The number of para-hydroxylation sites is 2. The van der Waals surface area contributed by atoms with Gasteiger partial charge in [0.1, 0.15) is 16.9 Å². The average molecular weight is 468 g/mol. The molecule has 2 heterocycles. The number of carbonyl (C=O) groups is 1. The molecule has 0 saturated carbocycles. The van der Waals surface area contributed by atoms with Crippen LogP contribution >= 0.6 is 0 Å². The molecule has 0 aliphatic rings. The highest BCUT2D eigenvalue weighted by Gasteiger charge is 2.38. The zero-order chi connectivity index (χ0) is 24.1. The van der Waals surface area contributed by atoms with Crippen molar-refractivity contribution in [2.45, 2.75) is 24.9 Å². The molecule has 6 nitrogen and oxygen atoms in total. The molecule has 0 aliphatic carbocycles. The van der Waals surface area contributed by atoms with Gasteiger partial charge in [-0.1, -0.05) is 66.7 Å². The smallest absolute Gasteiger partial charge is 0.243 e. The Morgan fingerprint density at radius 2 is 1.74 bits per heavy atom. The van der Waals surface area contributed by atoms with Crippen LogP contribution in [0.4, 0.5) is 0 Å². The minimum absolute atomic E-state index is 0.239. The predicted octanol–water partition coefficient (Wildman–Crippen LogP) is 4.34. The standard InChI is InChI=1S/C29H29N3O3/c33-20-29(17-23-18-31-26-12-6-5-11-25(23)26,28(34)30-15-14-21-8-2-1-3-9-21)32-19-24-16-22-10-4-7-13-27(22)35-24/h1-13,16,18,31-33H,14-15,17,19-20H2,(H,30,34). The monoisotopic (exact) mass is 467 g/mol. The van der Waals surface area contributed by atoms with Crippen LogP contribution in [0.1, 0.15) is 16.9 Å².